The molecule has 1 aromatic heterocycles. The predicted octanol–water partition coefficient (Wildman–Crippen LogP) is 3.28. The average molecular weight is 599 g/mol. The molecule has 0 unspecified atom stereocenters. The fourth-order valence-electron chi connectivity index (χ4n) is 6.05. The van der Waals surface area contributed by atoms with Gasteiger partial charge in [0.1, 0.15) is 18.2 Å². The number of carbonyl (C=O) groups is 3. The van der Waals surface area contributed by atoms with Gasteiger partial charge in [0.15, 0.2) is 0 Å². The van der Waals surface area contributed by atoms with E-state index in [4.69, 9.17) is 0 Å². The molecule has 2 amide bonds. The van der Waals surface area contributed by atoms with Crippen LogP contribution in [0.1, 0.15) is 24.1 Å². The Balaban J connectivity index is 1.45. The third kappa shape index (κ3) is 5.49. The van der Waals surface area contributed by atoms with Gasteiger partial charge in [-0.2, -0.15) is 4.31 Å². The summed E-state index contributed by atoms with van der Waals surface area (Å²) < 4.78 is 30.0. The number of rotatable bonds is 9. The van der Waals surface area contributed by atoms with Gasteiger partial charge in [-0.25, -0.2) is 8.42 Å². The summed E-state index contributed by atoms with van der Waals surface area (Å²) in [5.74, 6) is -2.03. The number of hydrogen-bond acceptors (Lipinski definition) is 6. The minimum Gasteiger partial charge on any atom is -0.481 e. The number of fused-ring (bicyclic) bond motifs is 2. The molecule has 2 aliphatic heterocycles. The van der Waals surface area contributed by atoms with E-state index in [0.717, 1.165) is 15.3 Å². The number of amides is 2. The number of sulfonamides is 1. The molecule has 43 heavy (non-hydrogen) atoms. The minimum atomic E-state index is -4.32. The summed E-state index contributed by atoms with van der Waals surface area (Å²) in [4.78, 5) is 47.0. The van der Waals surface area contributed by atoms with Crippen molar-refractivity contribution in [1.29, 1.82) is 0 Å². The van der Waals surface area contributed by atoms with Crippen LogP contribution in [0.25, 0.3) is 10.8 Å². The van der Waals surface area contributed by atoms with Gasteiger partial charge in [-0.15, -0.1) is 0 Å². The van der Waals surface area contributed by atoms with Crippen molar-refractivity contribution in [3.8, 4) is 0 Å². The first-order valence-corrected chi connectivity index (χ1v) is 15.5. The van der Waals surface area contributed by atoms with Crippen molar-refractivity contribution < 1.29 is 27.9 Å². The van der Waals surface area contributed by atoms with Crippen LogP contribution in [0.3, 0.4) is 0 Å². The molecule has 0 radical (unpaired) electrons. The number of pyridine rings is 1. The fourth-order valence-corrected chi connectivity index (χ4v) is 7.82. The van der Waals surface area contributed by atoms with Crippen LogP contribution in [-0.2, 0) is 37.4 Å². The molecule has 4 aromatic rings. The Morgan fingerprint density at radius 1 is 0.860 bits per heavy atom. The van der Waals surface area contributed by atoms with Crippen molar-refractivity contribution in [2.75, 3.05) is 6.54 Å². The van der Waals surface area contributed by atoms with E-state index in [1.165, 1.54) is 11.0 Å². The second-order valence-corrected chi connectivity index (χ2v) is 12.6. The molecular weight excluding hydrogens is 568 g/mol. The van der Waals surface area contributed by atoms with E-state index in [0.29, 0.717) is 11.1 Å². The van der Waals surface area contributed by atoms with Crippen molar-refractivity contribution >= 4 is 38.6 Å². The highest BCUT2D eigenvalue weighted by atomic mass is 32.2. The smallest absolute Gasteiger partial charge is 0.303 e. The van der Waals surface area contributed by atoms with Gasteiger partial charge in [0.05, 0.1) is 23.7 Å². The van der Waals surface area contributed by atoms with Crippen LogP contribution >= 0.6 is 0 Å². The summed E-state index contributed by atoms with van der Waals surface area (Å²) >= 11 is 0. The van der Waals surface area contributed by atoms with Crippen molar-refractivity contribution in [3.63, 3.8) is 0 Å². The number of benzene rings is 3. The maximum absolute atomic E-state index is 14.4. The van der Waals surface area contributed by atoms with Gasteiger partial charge in [0.25, 0.3) is 0 Å². The second-order valence-electron chi connectivity index (χ2n) is 10.8. The molecule has 3 atom stereocenters. The van der Waals surface area contributed by atoms with Gasteiger partial charge in [0.2, 0.25) is 21.8 Å². The van der Waals surface area contributed by atoms with Crippen LogP contribution in [0.4, 0.5) is 0 Å². The Labute approximate surface area is 249 Å². The highest BCUT2D eigenvalue weighted by Gasteiger charge is 2.58. The highest BCUT2D eigenvalue weighted by Crippen LogP contribution is 2.38. The van der Waals surface area contributed by atoms with E-state index < -0.39 is 46.6 Å². The number of carbonyl (C=O) groups excluding carboxylic acids is 2. The lowest BCUT2D eigenvalue weighted by atomic mass is 10.00. The molecule has 0 aliphatic carbocycles. The topological polar surface area (TPSA) is 128 Å². The summed E-state index contributed by atoms with van der Waals surface area (Å²) in [6.07, 6.45) is 0.138. The lowest BCUT2D eigenvalue weighted by molar-refractivity contribution is -0.153. The summed E-state index contributed by atoms with van der Waals surface area (Å²) in [6, 6.07) is 24.4. The normalized spacial score (nSPS) is 20.9. The Bertz CT molecular complexity index is 1780. The van der Waals surface area contributed by atoms with Gasteiger partial charge >= 0.3 is 5.97 Å². The summed E-state index contributed by atoms with van der Waals surface area (Å²) in [5, 5.41) is 11.0. The molecular formula is C32H30N4O6S. The minimum absolute atomic E-state index is 0.00559. The first kappa shape index (κ1) is 28.5. The summed E-state index contributed by atoms with van der Waals surface area (Å²) in [5.41, 5.74) is 1.43. The molecule has 6 rings (SSSR count). The number of carboxylic acids is 1. The van der Waals surface area contributed by atoms with E-state index >= 15 is 0 Å². The Morgan fingerprint density at radius 2 is 1.58 bits per heavy atom. The summed E-state index contributed by atoms with van der Waals surface area (Å²) in [6.45, 7) is 0.0516. The van der Waals surface area contributed by atoms with Gasteiger partial charge in [-0.05, 0) is 47.0 Å². The van der Waals surface area contributed by atoms with Crippen molar-refractivity contribution in [1.82, 2.24) is 19.1 Å². The molecule has 11 heteroatoms. The molecule has 3 aromatic carbocycles. The van der Waals surface area contributed by atoms with Gasteiger partial charge in [-0.1, -0.05) is 66.7 Å². The average Bonchev–Trinajstić information content (AvgIpc) is 3.30. The third-order valence-corrected chi connectivity index (χ3v) is 9.96. The quantitative estimate of drug-likeness (QED) is 0.313. The number of carboxylic acid groups (broad SMARTS) is 1. The Morgan fingerprint density at radius 3 is 2.30 bits per heavy atom. The fraction of sp³-hybridized carbons (Fsp3) is 0.250. The zero-order valence-corrected chi connectivity index (χ0v) is 24.0. The van der Waals surface area contributed by atoms with E-state index in [1.54, 1.807) is 35.4 Å². The zero-order chi connectivity index (χ0) is 30.1. The molecule has 3 heterocycles. The standard InChI is InChI=1S/C32H30N4O6S/c37-30(38)16-15-27-32(40)35-28(18-22-8-2-1-3-9-22)31(39)34(20-25-12-6-7-17-33-25)21-29(35)36(27)43(41,42)26-14-13-23-10-4-5-11-24(23)19-26/h1-14,17,19,27-29H,15-16,18,20-21H2,(H,37,38)/t27-,28-,29-/m0/s1. The SMILES string of the molecule is O=C(O)CC[C@H]1C(=O)N2[C@@H](Cc3ccccc3)C(=O)N(Cc3ccccn3)C[C@@H]2N1S(=O)(=O)c1ccc2ccccc2c1. The second kappa shape index (κ2) is 11.6. The highest BCUT2D eigenvalue weighted by molar-refractivity contribution is 7.89. The summed E-state index contributed by atoms with van der Waals surface area (Å²) in [7, 11) is -4.32. The number of hydrogen-bond donors (Lipinski definition) is 1. The molecule has 0 saturated carbocycles. The molecule has 1 N–H and O–H groups in total. The van der Waals surface area contributed by atoms with Crippen molar-refractivity contribution in [2.24, 2.45) is 0 Å². The van der Waals surface area contributed by atoms with E-state index in [1.807, 2.05) is 60.7 Å². The first-order valence-electron chi connectivity index (χ1n) is 14.0. The predicted molar refractivity (Wildman–Crippen MR) is 158 cm³/mol. The van der Waals surface area contributed by atoms with Crippen LogP contribution in [0, 0.1) is 0 Å². The number of aromatic nitrogens is 1. The molecule has 0 spiro atoms. The molecule has 10 nitrogen and oxygen atoms in total. The van der Waals surface area contributed by atoms with E-state index in [2.05, 4.69) is 4.98 Å². The maximum atomic E-state index is 14.4. The van der Waals surface area contributed by atoms with Crippen LogP contribution in [0.5, 0.6) is 0 Å². The molecule has 0 bridgehead atoms. The first-order chi connectivity index (χ1) is 20.7. The molecule has 220 valence electrons. The molecule has 2 saturated heterocycles. The van der Waals surface area contributed by atoms with Crippen LogP contribution in [0.15, 0.2) is 102 Å². The van der Waals surface area contributed by atoms with Gasteiger partial charge in [-0.3, -0.25) is 19.4 Å². The van der Waals surface area contributed by atoms with Crippen molar-refractivity contribution in [3.05, 3.63) is 108 Å². The van der Waals surface area contributed by atoms with E-state index in [-0.39, 0.29) is 36.7 Å². The lowest BCUT2D eigenvalue weighted by Crippen LogP contribution is -2.64. The van der Waals surface area contributed by atoms with Gasteiger partial charge < -0.3 is 14.9 Å². The van der Waals surface area contributed by atoms with Crippen LogP contribution in [0.2, 0.25) is 0 Å². The van der Waals surface area contributed by atoms with Crippen LogP contribution < -0.4 is 0 Å². The maximum Gasteiger partial charge on any atom is 0.303 e. The largest absolute Gasteiger partial charge is 0.481 e. The Kier molecular flexibility index (Phi) is 7.68. The number of aliphatic carboxylic acids is 1. The number of piperazine rings is 1. The molecule has 2 aliphatic rings. The Hall–Kier alpha value is -4.61. The number of nitrogens with zero attached hydrogens (tertiary/aromatic N) is 4. The van der Waals surface area contributed by atoms with Crippen LogP contribution in [-0.4, -0.2) is 75.2 Å². The molecule has 2 fully saturated rings. The monoisotopic (exact) mass is 598 g/mol. The third-order valence-electron chi connectivity index (χ3n) is 8.06. The lowest BCUT2D eigenvalue weighted by Gasteiger charge is -2.44. The zero-order valence-electron chi connectivity index (χ0n) is 23.2. The van der Waals surface area contributed by atoms with Crippen molar-refractivity contribution in [2.45, 2.75) is 49.0 Å². The van der Waals surface area contributed by atoms with Gasteiger partial charge in [0, 0.05) is 19.0 Å². The van der Waals surface area contributed by atoms with E-state index in [9.17, 15) is 27.9 Å².